The quantitative estimate of drug-likeness (QED) is 0.168. The number of rotatable bonds is 6. The van der Waals surface area contributed by atoms with Crippen LogP contribution in [-0.2, 0) is 5.41 Å². The highest BCUT2D eigenvalue weighted by Gasteiger charge is 2.46. The van der Waals surface area contributed by atoms with Crippen molar-refractivity contribution < 1.29 is 0 Å². The molecule has 0 N–H and O–H groups in total. The predicted octanol–water partition coefficient (Wildman–Crippen LogP) is 13.8. The van der Waals surface area contributed by atoms with Crippen LogP contribution in [-0.4, -0.2) is 24.1 Å². The van der Waals surface area contributed by atoms with Gasteiger partial charge in [0.2, 0.25) is 5.95 Å². The first-order valence-corrected chi connectivity index (χ1v) is 21.5. The largest absolute Gasteiger partial charge is 0.307 e. The highest BCUT2D eigenvalue weighted by atomic mass is 15.2. The molecule has 9 aromatic carbocycles. The van der Waals surface area contributed by atoms with Gasteiger partial charge in [0, 0.05) is 38.4 Å². The highest BCUT2D eigenvalue weighted by Crippen LogP contribution is 2.56. The molecule has 0 atom stereocenters. The Kier molecular flexibility index (Phi) is 7.75. The molecule has 0 saturated carbocycles. The lowest BCUT2D eigenvalue weighted by Gasteiger charge is -2.34. The first kappa shape index (κ1) is 35.4. The second-order valence-corrected chi connectivity index (χ2v) is 16.3. The molecular formula is C58H37N5. The molecule has 5 heteroatoms. The van der Waals surface area contributed by atoms with Gasteiger partial charge in [-0.1, -0.05) is 200 Å². The van der Waals surface area contributed by atoms with Crippen LogP contribution < -0.4 is 0 Å². The monoisotopic (exact) mass is 803 g/mol. The van der Waals surface area contributed by atoms with Crippen molar-refractivity contribution in [1.29, 1.82) is 0 Å². The average molecular weight is 804 g/mol. The molecule has 0 aliphatic heterocycles. The summed E-state index contributed by atoms with van der Waals surface area (Å²) in [4.78, 5) is 16.0. The van der Waals surface area contributed by atoms with Crippen LogP contribution in [0, 0.1) is 0 Å². The smallest absolute Gasteiger partial charge is 0.238 e. The van der Waals surface area contributed by atoms with Crippen LogP contribution in [0.15, 0.2) is 224 Å². The second-order valence-electron chi connectivity index (χ2n) is 16.3. The topological polar surface area (TPSA) is 48.5 Å². The second kappa shape index (κ2) is 13.8. The summed E-state index contributed by atoms with van der Waals surface area (Å²) in [7, 11) is 0. The van der Waals surface area contributed by atoms with E-state index in [0.717, 1.165) is 55.0 Å². The molecule has 1 aliphatic rings. The third-order valence-corrected chi connectivity index (χ3v) is 13.1. The number of para-hydroxylation sites is 2. The highest BCUT2D eigenvalue weighted by molar-refractivity contribution is 6.23. The minimum Gasteiger partial charge on any atom is -0.307 e. The van der Waals surface area contributed by atoms with Gasteiger partial charge in [-0.05, 0) is 57.6 Å². The molecule has 3 heterocycles. The molecule has 0 spiro atoms. The van der Waals surface area contributed by atoms with Gasteiger partial charge in [-0.3, -0.25) is 4.57 Å². The average Bonchev–Trinajstić information content (AvgIpc) is 3.99. The molecule has 12 aromatic rings. The van der Waals surface area contributed by atoms with E-state index < -0.39 is 5.41 Å². The summed E-state index contributed by atoms with van der Waals surface area (Å²) in [5.74, 6) is 1.78. The molecule has 63 heavy (non-hydrogen) atoms. The molecule has 0 amide bonds. The van der Waals surface area contributed by atoms with Crippen LogP contribution in [0.25, 0.3) is 89.2 Å². The molecule has 294 valence electrons. The lowest BCUT2D eigenvalue weighted by atomic mass is 9.67. The van der Waals surface area contributed by atoms with E-state index in [9.17, 15) is 0 Å². The summed E-state index contributed by atoms with van der Waals surface area (Å²) in [5, 5.41) is 4.58. The maximum Gasteiger partial charge on any atom is 0.238 e. The van der Waals surface area contributed by atoms with Gasteiger partial charge in [0.25, 0.3) is 0 Å². The summed E-state index contributed by atoms with van der Waals surface area (Å²) in [6.45, 7) is 0. The number of aromatic nitrogens is 5. The zero-order chi connectivity index (χ0) is 41.5. The molecular weight excluding hydrogens is 767 g/mol. The van der Waals surface area contributed by atoms with Crippen molar-refractivity contribution in [2.45, 2.75) is 5.41 Å². The fourth-order valence-corrected chi connectivity index (χ4v) is 10.4. The van der Waals surface area contributed by atoms with E-state index >= 15 is 0 Å². The van der Waals surface area contributed by atoms with Crippen molar-refractivity contribution in [2.24, 2.45) is 0 Å². The van der Waals surface area contributed by atoms with E-state index in [4.69, 9.17) is 15.0 Å². The van der Waals surface area contributed by atoms with Crippen molar-refractivity contribution in [3.8, 4) is 45.5 Å². The Morgan fingerprint density at radius 3 is 1.43 bits per heavy atom. The standard InChI is InChI=1S/C58H37N5/c1-5-19-38(20-6-1)55-59-56(39-21-7-2-8-22-39)61-57(60-55)63-52-37-41(58(40-23-9-3-10-24-40)49-30-16-13-27-43(49)44-28-14-17-31-50(44)58)33-34-46(52)48-36-35-47-45-29-15-18-32-51(45)62(53(47)54(48)63)42-25-11-4-12-26-42/h1-37H. The summed E-state index contributed by atoms with van der Waals surface area (Å²) in [6, 6.07) is 80.4. The Morgan fingerprint density at radius 1 is 0.333 bits per heavy atom. The molecule has 5 nitrogen and oxygen atoms in total. The minimum atomic E-state index is -0.596. The van der Waals surface area contributed by atoms with Gasteiger partial charge < -0.3 is 4.57 Å². The first-order chi connectivity index (χ1) is 31.3. The molecule has 0 bridgehead atoms. The first-order valence-electron chi connectivity index (χ1n) is 21.5. The summed E-state index contributed by atoms with van der Waals surface area (Å²) in [5.41, 5.74) is 14.0. The summed E-state index contributed by atoms with van der Waals surface area (Å²) >= 11 is 0. The van der Waals surface area contributed by atoms with Gasteiger partial charge in [-0.2, -0.15) is 9.97 Å². The van der Waals surface area contributed by atoms with Crippen molar-refractivity contribution in [2.75, 3.05) is 0 Å². The van der Waals surface area contributed by atoms with Crippen LogP contribution in [0.5, 0.6) is 0 Å². The van der Waals surface area contributed by atoms with Gasteiger partial charge in [-0.15, -0.1) is 0 Å². The number of hydrogen-bond donors (Lipinski definition) is 0. The summed E-state index contributed by atoms with van der Waals surface area (Å²) < 4.78 is 4.73. The van der Waals surface area contributed by atoms with Crippen LogP contribution >= 0.6 is 0 Å². The Bertz CT molecular complexity index is 3620. The molecule has 0 saturated heterocycles. The summed E-state index contributed by atoms with van der Waals surface area (Å²) in [6.07, 6.45) is 0. The SMILES string of the molecule is c1ccc(-c2nc(-c3ccccc3)nc(-n3c4cc(C5(c6ccccc6)c6ccccc6-c6ccccc65)ccc4c4ccc5c6ccccc6n(-c6ccccc6)c5c43)n2)cc1. The number of hydrogen-bond acceptors (Lipinski definition) is 3. The van der Waals surface area contributed by atoms with Gasteiger partial charge in [0.1, 0.15) is 0 Å². The maximum absolute atomic E-state index is 5.44. The van der Waals surface area contributed by atoms with E-state index in [1.54, 1.807) is 0 Å². The normalized spacial score (nSPS) is 12.9. The Hall–Kier alpha value is -8.41. The lowest BCUT2D eigenvalue weighted by Crippen LogP contribution is -2.28. The number of fused-ring (bicyclic) bond motifs is 10. The van der Waals surface area contributed by atoms with E-state index in [1.807, 2.05) is 36.4 Å². The van der Waals surface area contributed by atoms with Crippen molar-refractivity contribution >= 4 is 43.6 Å². The third kappa shape index (κ3) is 5.14. The van der Waals surface area contributed by atoms with E-state index in [2.05, 4.69) is 197 Å². The van der Waals surface area contributed by atoms with Crippen molar-refractivity contribution in [3.05, 3.63) is 247 Å². The number of benzene rings is 9. The minimum absolute atomic E-state index is 0.554. The lowest BCUT2D eigenvalue weighted by molar-refractivity contribution is 0.769. The third-order valence-electron chi connectivity index (χ3n) is 13.1. The Morgan fingerprint density at radius 2 is 0.810 bits per heavy atom. The van der Waals surface area contributed by atoms with Gasteiger partial charge in [0.15, 0.2) is 11.6 Å². The zero-order valence-electron chi connectivity index (χ0n) is 34.1. The number of nitrogens with zero attached hydrogens (tertiary/aromatic N) is 5. The van der Waals surface area contributed by atoms with E-state index in [-0.39, 0.29) is 0 Å². The zero-order valence-corrected chi connectivity index (χ0v) is 34.1. The molecule has 0 radical (unpaired) electrons. The van der Waals surface area contributed by atoms with Crippen molar-refractivity contribution in [3.63, 3.8) is 0 Å². The van der Waals surface area contributed by atoms with Gasteiger partial charge in [-0.25, -0.2) is 4.98 Å². The molecule has 0 unspecified atom stereocenters. The Balaban J connectivity index is 1.22. The van der Waals surface area contributed by atoms with Crippen LogP contribution in [0.4, 0.5) is 0 Å². The molecule has 0 fully saturated rings. The molecule has 1 aliphatic carbocycles. The van der Waals surface area contributed by atoms with Crippen LogP contribution in [0.1, 0.15) is 22.3 Å². The van der Waals surface area contributed by atoms with Crippen molar-refractivity contribution in [1.82, 2.24) is 24.1 Å². The maximum atomic E-state index is 5.44. The van der Waals surface area contributed by atoms with E-state index in [0.29, 0.717) is 17.6 Å². The van der Waals surface area contributed by atoms with Gasteiger partial charge >= 0.3 is 0 Å². The molecule has 13 rings (SSSR count). The van der Waals surface area contributed by atoms with Gasteiger partial charge in [0.05, 0.1) is 27.5 Å². The van der Waals surface area contributed by atoms with Crippen LogP contribution in [0.3, 0.4) is 0 Å². The Labute approximate surface area is 363 Å². The van der Waals surface area contributed by atoms with Crippen LogP contribution in [0.2, 0.25) is 0 Å². The fourth-order valence-electron chi connectivity index (χ4n) is 10.4. The predicted molar refractivity (Wildman–Crippen MR) is 257 cm³/mol. The fraction of sp³-hybridized carbons (Fsp3) is 0.0172. The van der Waals surface area contributed by atoms with E-state index in [1.165, 1.54) is 38.8 Å². The molecule has 3 aromatic heterocycles.